The van der Waals surface area contributed by atoms with E-state index in [0.29, 0.717) is 5.95 Å². The van der Waals surface area contributed by atoms with Gasteiger partial charge < -0.3 is 15.4 Å². The molecule has 19 heavy (non-hydrogen) atoms. The first-order valence-electron chi connectivity index (χ1n) is 6.22. The molecule has 2 aromatic rings. The highest BCUT2D eigenvalue weighted by atomic mass is 16.5. The molecule has 0 aliphatic carbocycles. The maximum atomic E-state index is 5.31. The van der Waals surface area contributed by atoms with Crippen molar-refractivity contribution in [2.75, 3.05) is 24.3 Å². The molecular formula is C14H18N4O. The molecule has 0 unspecified atom stereocenters. The van der Waals surface area contributed by atoms with Crippen molar-refractivity contribution in [3.05, 3.63) is 36.0 Å². The number of aromatic nitrogens is 2. The zero-order chi connectivity index (χ0) is 13.7. The number of rotatable bonds is 5. The van der Waals surface area contributed by atoms with E-state index in [-0.39, 0.29) is 0 Å². The number of methoxy groups -OCH3 is 1. The first-order valence-corrected chi connectivity index (χ1v) is 6.22. The molecule has 0 aliphatic rings. The zero-order valence-corrected chi connectivity index (χ0v) is 11.4. The van der Waals surface area contributed by atoms with Gasteiger partial charge in [-0.15, -0.1) is 0 Å². The summed E-state index contributed by atoms with van der Waals surface area (Å²) in [5, 5.41) is 6.37. The molecule has 0 bridgehead atoms. The Kier molecular flexibility index (Phi) is 4.18. The summed E-state index contributed by atoms with van der Waals surface area (Å²) in [5.74, 6) is 2.17. The molecule has 0 fully saturated rings. The van der Waals surface area contributed by atoms with E-state index >= 15 is 0 Å². The third-order valence-electron chi connectivity index (χ3n) is 2.67. The minimum Gasteiger partial charge on any atom is -0.495 e. The molecule has 0 saturated heterocycles. The van der Waals surface area contributed by atoms with Gasteiger partial charge in [0, 0.05) is 18.3 Å². The average molecular weight is 258 g/mol. The van der Waals surface area contributed by atoms with Gasteiger partial charge >= 0.3 is 0 Å². The fourth-order valence-electron chi connectivity index (χ4n) is 1.69. The normalized spacial score (nSPS) is 10.1. The van der Waals surface area contributed by atoms with Gasteiger partial charge in [0.2, 0.25) is 5.95 Å². The van der Waals surface area contributed by atoms with Crippen molar-refractivity contribution < 1.29 is 4.74 Å². The van der Waals surface area contributed by atoms with Crippen molar-refractivity contribution in [3.63, 3.8) is 0 Å². The number of nitrogens with one attached hydrogen (secondary N) is 2. The Morgan fingerprint density at radius 1 is 1.26 bits per heavy atom. The van der Waals surface area contributed by atoms with Crippen LogP contribution in [0, 0.1) is 6.92 Å². The lowest BCUT2D eigenvalue weighted by atomic mass is 10.2. The maximum Gasteiger partial charge on any atom is 0.224 e. The molecule has 0 radical (unpaired) electrons. The number of anilines is 3. The Balaban J connectivity index is 2.29. The van der Waals surface area contributed by atoms with E-state index in [0.717, 1.165) is 29.4 Å². The third-order valence-corrected chi connectivity index (χ3v) is 2.67. The van der Waals surface area contributed by atoms with Crippen molar-refractivity contribution >= 4 is 17.5 Å². The smallest absolute Gasteiger partial charge is 0.224 e. The summed E-state index contributed by atoms with van der Waals surface area (Å²) in [6, 6.07) is 7.74. The fourth-order valence-corrected chi connectivity index (χ4v) is 1.69. The molecule has 0 atom stereocenters. The van der Waals surface area contributed by atoms with E-state index in [1.54, 1.807) is 13.3 Å². The van der Waals surface area contributed by atoms with Crippen LogP contribution in [0.2, 0.25) is 0 Å². The summed E-state index contributed by atoms with van der Waals surface area (Å²) in [6.07, 6.45) is 1.79. The van der Waals surface area contributed by atoms with Crippen LogP contribution in [0.1, 0.15) is 12.5 Å². The Morgan fingerprint density at radius 2 is 2.05 bits per heavy atom. The van der Waals surface area contributed by atoms with Gasteiger partial charge in [-0.2, -0.15) is 4.98 Å². The number of benzene rings is 1. The maximum absolute atomic E-state index is 5.31. The predicted molar refractivity (Wildman–Crippen MR) is 77.2 cm³/mol. The van der Waals surface area contributed by atoms with Crippen LogP contribution in [0.15, 0.2) is 30.5 Å². The second-order valence-corrected chi connectivity index (χ2v) is 4.08. The van der Waals surface area contributed by atoms with Crippen molar-refractivity contribution in [1.82, 2.24) is 9.97 Å². The van der Waals surface area contributed by atoms with Gasteiger partial charge in [0.05, 0.1) is 12.8 Å². The molecule has 1 aromatic carbocycles. The summed E-state index contributed by atoms with van der Waals surface area (Å²) in [7, 11) is 1.65. The highest BCUT2D eigenvalue weighted by Crippen LogP contribution is 2.27. The predicted octanol–water partition coefficient (Wildman–Crippen LogP) is 2.97. The second-order valence-electron chi connectivity index (χ2n) is 4.08. The van der Waals surface area contributed by atoms with Crippen LogP contribution in [0.4, 0.5) is 17.5 Å². The van der Waals surface area contributed by atoms with E-state index in [4.69, 9.17) is 4.74 Å². The Morgan fingerprint density at radius 3 is 2.79 bits per heavy atom. The van der Waals surface area contributed by atoms with Crippen molar-refractivity contribution in [3.8, 4) is 5.75 Å². The number of hydrogen-bond acceptors (Lipinski definition) is 5. The monoisotopic (exact) mass is 258 g/mol. The molecule has 1 aromatic heterocycles. The minimum atomic E-state index is 0.616. The van der Waals surface area contributed by atoms with E-state index < -0.39 is 0 Å². The van der Waals surface area contributed by atoms with Crippen molar-refractivity contribution in [2.45, 2.75) is 13.8 Å². The summed E-state index contributed by atoms with van der Waals surface area (Å²) >= 11 is 0. The number of nitrogens with zero attached hydrogens (tertiary/aromatic N) is 2. The molecule has 5 nitrogen and oxygen atoms in total. The topological polar surface area (TPSA) is 59.1 Å². The molecule has 2 N–H and O–H groups in total. The molecule has 5 heteroatoms. The van der Waals surface area contributed by atoms with Gasteiger partial charge in [0.15, 0.2) is 0 Å². The summed E-state index contributed by atoms with van der Waals surface area (Å²) in [4.78, 5) is 8.66. The molecule has 2 rings (SSSR count). The van der Waals surface area contributed by atoms with Crippen LogP contribution in [-0.4, -0.2) is 23.6 Å². The molecule has 0 amide bonds. The Labute approximate surface area is 113 Å². The molecule has 0 saturated carbocycles. The van der Waals surface area contributed by atoms with Gasteiger partial charge in [-0.1, -0.05) is 12.1 Å². The number of para-hydroxylation sites is 2. The Hall–Kier alpha value is -2.30. The molecule has 1 heterocycles. The van der Waals surface area contributed by atoms with Crippen LogP contribution in [-0.2, 0) is 0 Å². The first-order chi connectivity index (χ1) is 9.24. The zero-order valence-electron chi connectivity index (χ0n) is 11.4. The van der Waals surface area contributed by atoms with E-state index in [9.17, 15) is 0 Å². The average Bonchev–Trinajstić information content (AvgIpc) is 2.43. The fraction of sp³-hybridized carbons (Fsp3) is 0.286. The number of hydrogen-bond donors (Lipinski definition) is 2. The summed E-state index contributed by atoms with van der Waals surface area (Å²) in [5.41, 5.74) is 1.86. The quantitative estimate of drug-likeness (QED) is 0.863. The lowest BCUT2D eigenvalue weighted by Crippen LogP contribution is -2.05. The van der Waals surface area contributed by atoms with Crippen LogP contribution in [0.3, 0.4) is 0 Å². The van der Waals surface area contributed by atoms with Crippen molar-refractivity contribution in [2.24, 2.45) is 0 Å². The van der Waals surface area contributed by atoms with Crippen LogP contribution < -0.4 is 15.4 Å². The lowest BCUT2D eigenvalue weighted by molar-refractivity contribution is 0.417. The van der Waals surface area contributed by atoms with E-state index in [1.807, 2.05) is 38.1 Å². The first kappa shape index (κ1) is 13.1. The minimum absolute atomic E-state index is 0.616. The van der Waals surface area contributed by atoms with Crippen LogP contribution in [0.5, 0.6) is 5.75 Å². The number of ether oxygens (including phenoxy) is 1. The largest absolute Gasteiger partial charge is 0.495 e. The second kappa shape index (κ2) is 6.04. The van der Waals surface area contributed by atoms with Gasteiger partial charge in [-0.25, -0.2) is 4.98 Å². The Bertz CT molecular complexity index is 557. The van der Waals surface area contributed by atoms with E-state index in [1.165, 1.54) is 0 Å². The highest BCUT2D eigenvalue weighted by molar-refractivity contribution is 5.66. The summed E-state index contributed by atoms with van der Waals surface area (Å²) < 4.78 is 5.31. The number of aryl methyl sites for hydroxylation is 1. The van der Waals surface area contributed by atoms with Gasteiger partial charge in [-0.05, 0) is 26.0 Å². The van der Waals surface area contributed by atoms with Crippen molar-refractivity contribution in [1.29, 1.82) is 0 Å². The SMILES string of the molecule is CCNc1ncc(C)c(Nc2ccccc2OC)n1. The standard InChI is InChI=1S/C14H18N4O/c1-4-15-14-16-9-10(2)13(18-14)17-11-7-5-6-8-12(11)19-3/h5-9H,4H2,1-3H3,(H2,15,16,17,18). The van der Waals surface area contributed by atoms with Crippen LogP contribution in [0.25, 0.3) is 0 Å². The molecular weight excluding hydrogens is 240 g/mol. The van der Waals surface area contributed by atoms with Crippen LogP contribution >= 0.6 is 0 Å². The molecule has 0 aliphatic heterocycles. The van der Waals surface area contributed by atoms with Gasteiger partial charge in [0.1, 0.15) is 11.6 Å². The molecule has 100 valence electrons. The van der Waals surface area contributed by atoms with Gasteiger partial charge in [-0.3, -0.25) is 0 Å². The molecule has 0 spiro atoms. The highest BCUT2D eigenvalue weighted by Gasteiger charge is 2.07. The van der Waals surface area contributed by atoms with E-state index in [2.05, 4.69) is 20.6 Å². The lowest BCUT2D eigenvalue weighted by Gasteiger charge is -2.12. The van der Waals surface area contributed by atoms with Gasteiger partial charge in [0.25, 0.3) is 0 Å². The third kappa shape index (κ3) is 3.13. The summed E-state index contributed by atoms with van der Waals surface area (Å²) in [6.45, 7) is 4.77.